The van der Waals surface area contributed by atoms with E-state index in [0.717, 1.165) is 12.5 Å². The maximum Gasteiger partial charge on any atom is 0.306 e. The zero-order chi connectivity index (χ0) is 41.2. The Bertz CT molecular complexity index is 2100. The van der Waals surface area contributed by atoms with Crippen molar-refractivity contribution in [2.24, 2.45) is 63.1 Å². The van der Waals surface area contributed by atoms with Gasteiger partial charge in [0.25, 0.3) is 0 Å². The molecule has 2 spiro atoms. The molecule has 14 heteroatoms. The molecule has 4 saturated carbocycles. The van der Waals surface area contributed by atoms with Gasteiger partial charge in [-0.3, -0.25) is 48.5 Å². The highest BCUT2D eigenvalue weighted by atomic mass is 35.5. The molecule has 12 nitrogen and oxygen atoms in total. The highest BCUT2D eigenvalue weighted by Gasteiger charge is 3.05. The first-order chi connectivity index (χ1) is 26.3. The minimum atomic E-state index is -2.74. The Labute approximate surface area is 333 Å². The maximum absolute atomic E-state index is 15.9. The number of rotatable bonds is 12. The number of hydrogen-bond donors (Lipinski definition) is 3. The smallest absolute Gasteiger partial charge is 0.306 e. The lowest BCUT2D eigenvalue weighted by molar-refractivity contribution is -0.155. The molecule has 1 saturated heterocycles. The quantitative estimate of drug-likeness (QED) is 0.108. The number of ketones is 6. The molecule has 3 N–H and O–H groups in total. The molecule has 6 aliphatic carbocycles. The molecule has 0 bridgehead atoms. The van der Waals surface area contributed by atoms with Crippen LogP contribution in [0, 0.1) is 63.1 Å². The summed E-state index contributed by atoms with van der Waals surface area (Å²) in [4.78, 5) is 129. The minimum absolute atomic E-state index is 0.0237. The molecular formula is C42H45Cl2NO11. The average Bonchev–Trinajstić information content (AvgIpc) is 3.76. The Hall–Kier alpha value is -3.87. The van der Waals surface area contributed by atoms with Gasteiger partial charge in [0.15, 0.2) is 34.7 Å². The molecule has 298 valence electrons. The maximum atomic E-state index is 15.9. The Morgan fingerprint density at radius 3 is 2.16 bits per heavy atom. The van der Waals surface area contributed by atoms with Gasteiger partial charge in [-0.2, -0.15) is 0 Å². The molecule has 0 aromatic carbocycles. The normalized spacial score (nSPS) is 42.6. The number of carbonyl (C=O) groups excluding carboxylic acids is 8. The number of carboxylic acids is 1. The lowest BCUT2D eigenvalue weighted by Crippen LogP contribution is -2.54. The number of carbonyl (C=O) groups is 9. The second kappa shape index (κ2) is 13.1. The highest BCUT2D eigenvalue weighted by Crippen LogP contribution is 2.88. The van der Waals surface area contributed by atoms with Crippen molar-refractivity contribution in [1.82, 2.24) is 5.32 Å². The largest absolute Gasteiger partial charge is 0.481 e. The standard InChI is InChI=1S/C42H45Cl2NO11/c1-6-9-10-11-14-39-36(54)45-37(55)42(39,32(49)27-24-18(4)15-20(35(52)53)16-21(24)17-38(27,56)23(46)13-8-3)41(39)31(48)25(29(44)34(41)51)26-19(5)40(26)30(47)22(12-7-2)28(43)33(40)50/h7-8,12-13,18-21,24,26-27,56H,6,9-11,14-17H2,1-5H3,(H,52,53)(H,45,54,55)/b12-7+,13-8-/t18-,19+,20+,21?,24?,26-,27+,38-,39+,40+,41-,42-/m0/s1. The van der Waals surface area contributed by atoms with E-state index in [2.05, 4.69) is 5.32 Å². The summed E-state index contributed by atoms with van der Waals surface area (Å²) in [5.74, 6) is -15.8. The van der Waals surface area contributed by atoms with Crippen LogP contribution in [-0.4, -0.2) is 68.3 Å². The molecule has 2 unspecified atom stereocenters. The van der Waals surface area contributed by atoms with E-state index < -0.39 is 132 Å². The van der Waals surface area contributed by atoms with Gasteiger partial charge in [0, 0.05) is 17.1 Å². The van der Waals surface area contributed by atoms with Gasteiger partial charge in [0.1, 0.15) is 21.8 Å². The molecule has 7 rings (SSSR count). The predicted molar refractivity (Wildman–Crippen MR) is 199 cm³/mol. The van der Waals surface area contributed by atoms with Crippen molar-refractivity contribution in [1.29, 1.82) is 0 Å². The van der Waals surface area contributed by atoms with Crippen LogP contribution in [-0.2, 0) is 43.2 Å². The summed E-state index contributed by atoms with van der Waals surface area (Å²) in [5, 5.41) is 23.6. The number of allylic oxidation sites excluding steroid dienone is 7. The van der Waals surface area contributed by atoms with Gasteiger partial charge >= 0.3 is 5.97 Å². The van der Waals surface area contributed by atoms with E-state index in [-0.39, 0.29) is 42.7 Å². The van der Waals surface area contributed by atoms with Gasteiger partial charge in [-0.25, -0.2) is 0 Å². The first kappa shape index (κ1) is 40.3. The molecular weight excluding hydrogens is 765 g/mol. The molecule has 0 aromatic heterocycles. The monoisotopic (exact) mass is 809 g/mol. The van der Waals surface area contributed by atoms with E-state index in [1.807, 2.05) is 6.92 Å². The van der Waals surface area contributed by atoms with E-state index >= 15 is 14.4 Å². The van der Waals surface area contributed by atoms with Crippen LogP contribution in [0.5, 0.6) is 0 Å². The number of nitrogens with one attached hydrogen (secondary N) is 1. The third-order valence-corrected chi connectivity index (χ3v) is 15.6. The number of piperidine rings is 1. The average molecular weight is 811 g/mol. The van der Waals surface area contributed by atoms with Crippen LogP contribution in [0.1, 0.15) is 86.0 Å². The van der Waals surface area contributed by atoms with E-state index in [4.69, 9.17) is 23.2 Å². The molecule has 7 aliphatic rings. The van der Waals surface area contributed by atoms with E-state index in [9.17, 15) is 39.0 Å². The van der Waals surface area contributed by atoms with Crippen molar-refractivity contribution in [2.75, 3.05) is 0 Å². The second-order valence-electron chi connectivity index (χ2n) is 17.1. The molecule has 0 aromatic rings. The van der Waals surface area contributed by atoms with Crippen molar-refractivity contribution < 1.29 is 53.4 Å². The summed E-state index contributed by atoms with van der Waals surface area (Å²) >= 11 is 13.2. The Morgan fingerprint density at radius 1 is 0.875 bits per heavy atom. The lowest BCUT2D eigenvalue weighted by Gasteiger charge is -2.39. The molecule has 56 heavy (non-hydrogen) atoms. The van der Waals surface area contributed by atoms with Crippen LogP contribution in [0.25, 0.3) is 0 Å². The lowest BCUT2D eigenvalue weighted by atomic mass is 9.63. The summed E-state index contributed by atoms with van der Waals surface area (Å²) < 4.78 is 0. The molecule has 12 atom stereocenters. The number of amides is 2. The van der Waals surface area contributed by atoms with Crippen molar-refractivity contribution in [3.05, 3.63) is 45.5 Å². The third kappa shape index (κ3) is 4.33. The van der Waals surface area contributed by atoms with Gasteiger partial charge in [0.2, 0.25) is 11.8 Å². The second-order valence-corrected chi connectivity index (χ2v) is 17.8. The number of fused-ring (bicyclic) bond motifs is 4. The van der Waals surface area contributed by atoms with Crippen molar-refractivity contribution in [2.45, 2.75) is 91.6 Å². The van der Waals surface area contributed by atoms with Crippen LogP contribution in [0.4, 0.5) is 0 Å². The number of hydrogen-bond acceptors (Lipinski definition) is 10. The molecule has 2 amide bonds. The summed E-state index contributed by atoms with van der Waals surface area (Å²) in [7, 11) is 0. The summed E-state index contributed by atoms with van der Waals surface area (Å²) in [6, 6.07) is 0. The van der Waals surface area contributed by atoms with Crippen molar-refractivity contribution in [3.63, 3.8) is 0 Å². The van der Waals surface area contributed by atoms with E-state index in [1.165, 1.54) is 32.1 Å². The Balaban J connectivity index is 1.41. The van der Waals surface area contributed by atoms with Crippen LogP contribution in [0.3, 0.4) is 0 Å². The van der Waals surface area contributed by atoms with Crippen molar-refractivity contribution in [3.8, 4) is 0 Å². The summed E-state index contributed by atoms with van der Waals surface area (Å²) in [6.07, 6.45) is 7.03. The SMILES string of the molecule is C/C=C\C(=O)[C@@]1(O)CC2C[C@H](C(=O)O)C[C@H](C)C2[C@@H]1C(=O)[C@]12C(=O)NC(=O)[C@]1(CCCCCC)[C@]21C(=O)C(Cl)=C([C@@H]2[C@@H](C)[C@@]23C(=O)C(Cl)=C(/C=C/C)C3=O)C1=O. The number of carboxylic acid groups (broad SMARTS) is 1. The van der Waals surface area contributed by atoms with Gasteiger partial charge in [-0.05, 0) is 69.3 Å². The predicted octanol–water partition coefficient (Wildman–Crippen LogP) is 4.53. The zero-order valence-electron chi connectivity index (χ0n) is 31.8. The van der Waals surface area contributed by atoms with E-state index in [0.29, 0.717) is 12.8 Å². The topological polar surface area (TPSA) is 206 Å². The number of aliphatic hydroxyl groups is 1. The minimum Gasteiger partial charge on any atom is -0.481 e. The number of imide groups is 1. The number of halogens is 2. The Kier molecular flexibility index (Phi) is 9.42. The van der Waals surface area contributed by atoms with Crippen molar-refractivity contribution >= 4 is 75.7 Å². The molecule has 1 aliphatic heterocycles. The number of Topliss-reactive ketones (excluding diaryl/α,β-unsaturated/α-hetero) is 5. The van der Waals surface area contributed by atoms with Crippen LogP contribution >= 0.6 is 23.2 Å². The van der Waals surface area contributed by atoms with Gasteiger partial charge in [0.05, 0.1) is 27.3 Å². The van der Waals surface area contributed by atoms with Crippen LogP contribution in [0.15, 0.2) is 45.5 Å². The molecule has 0 radical (unpaired) electrons. The molecule has 1 heterocycles. The fourth-order valence-corrected chi connectivity index (χ4v) is 13.3. The van der Waals surface area contributed by atoms with Crippen LogP contribution < -0.4 is 5.32 Å². The Morgan fingerprint density at radius 2 is 1.55 bits per heavy atom. The van der Waals surface area contributed by atoms with Crippen LogP contribution in [0.2, 0.25) is 0 Å². The zero-order valence-corrected chi connectivity index (χ0v) is 33.3. The summed E-state index contributed by atoms with van der Waals surface area (Å²) in [5.41, 5.74) is -12.6. The highest BCUT2D eigenvalue weighted by molar-refractivity contribution is 6.57. The van der Waals surface area contributed by atoms with Gasteiger partial charge < -0.3 is 10.2 Å². The first-order valence-electron chi connectivity index (χ1n) is 19.5. The summed E-state index contributed by atoms with van der Waals surface area (Å²) in [6.45, 7) is 8.33. The fraction of sp³-hybridized carbons (Fsp3) is 0.595. The van der Waals surface area contributed by atoms with E-state index in [1.54, 1.807) is 13.8 Å². The first-order valence-corrected chi connectivity index (χ1v) is 20.2. The number of unbranched alkanes of at least 4 members (excludes halogenated alkanes) is 3. The number of aliphatic carboxylic acids is 1. The third-order valence-electron chi connectivity index (χ3n) is 14.8. The van der Waals surface area contributed by atoms with Gasteiger partial charge in [-0.15, -0.1) is 0 Å². The van der Waals surface area contributed by atoms with Gasteiger partial charge in [-0.1, -0.05) is 87.9 Å². The fourth-order valence-electron chi connectivity index (χ4n) is 12.7. The molecule has 5 fully saturated rings.